The summed E-state index contributed by atoms with van der Waals surface area (Å²) in [4.78, 5) is 14.4. The van der Waals surface area contributed by atoms with Crippen molar-refractivity contribution in [1.29, 1.82) is 0 Å². The van der Waals surface area contributed by atoms with E-state index in [-0.39, 0.29) is 0 Å². The largest absolute Gasteiger partial charge is 0.477 e. The van der Waals surface area contributed by atoms with Crippen molar-refractivity contribution in [2.75, 3.05) is 20.2 Å². The van der Waals surface area contributed by atoms with Crippen molar-refractivity contribution >= 4 is 17.3 Å². The quantitative estimate of drug-likeness (QED) is 0.875. The molecule has 1 aromatic heterocycles. The van der Waals surface area contributed by atoms with Gasteiger partial charge < -0.3 is 9.84 Å². The summed E-state index contributed by atoms with van der Waals surface area (Å²) in [6.45, 7) is 2.58. The molecule has 2 heterocycles. The highest BCUT2D eigenvalue weighted by Gasteiger charge is 2.17. The van der Waals surface area contributed by atoms with Gasteiger partial charge in [0.2, 0.25) is 0 Å². The number of carboxylic acid groups (broad SMARTS) is 1. The van der Waals surface area contributed by atoms with Crippen LogP contribution in [0.25, 0.3) is 0 Å². The highest BCUT2D eigenvalue weighted by atomic mass is 32.1. The monoisotopic (exact) mass is 255 g/mol. The minimum absolute atomic E-state index is 0.346. The van der Waals surface area contributed by atoms with Crippen LogP contribution in [0.1, 0.15) is 27.4 Å². The molecule has 4 nitrogen and oxygen atoms in total. The molecule has 0 bridgehead atoms. The smallest absolute Gasteiger partial charge is 0.345 e. The predicted molar refractivity (Wildman–Crippen MR) is 66.6 cm³/mol. The number of likely N-dealkylation sites (N-methyl/N-ethyl adjacent to an activating group) is 1. The van der Waals surface area contributed by atoms with E-state index in [4.69, 9.17) is 9.84 Å². The zero-order valence-electron chi connectivity index (χ0n) is 9.89. The van der Waals surface area contributed by atoms with Crippen molar-refractivity contribution in [2.45, 2.75) is 25.5 Å². The molecule has 17 heavy (non-hydrogen) atoms. The Hall–Kier alpha value is -0.910. The summed E-state index contributed by atoms with van der Waals surface area (Å²) in [7, 11) is 2.04. The molecule has 1 N–H and O–H groups in total. The molecule has 1 unspecified atom stereocenters. The molecule has 1 atom stereocenters. The number of thiophene rings is 1. The van der Waals surface area contributed by atoms with E-state index in [2.05, 4.69) is 4.90 Å². The molecular formula is C12H17NO3S. The Bertz CT molecular complexity index is 385. The molecule has 0 amide bonds. The molecule has 1 fully saturated rings. The van der Waals surface area contributed by atoms with Gasteiger partial charge in [-0.3, -0.25) is 4.90 Å². The van der Waals surface area contributed by atoms with Crippen LogP contribution in [0, 0.1) is 0 Å². The van der Waals surface area contributed by atoms with Crippen LogP contribution < -0.4 is 0 Å². The Morgan fingerprint density at radius 3 is 3.06 bits per heavy atom. The number of hydrogen-bond donors (Lipinski definition) is 1. The second-order valence-corrected chi connectivity index (χ2v) is 5.57. The van der Waals surface area contributed by atoms with Crippen LogP contribution >= 0.6 is 11.3 Å². The van der Waals surface area contributed by atoms with Crippen molar-refractivity contribution in [3.05, 3.63) is 21.9 Å². The first-order chi connectivity index (χ1) is 8.15. The maximum absolute atomic E-state index is 10.8. The molecule has 1 saturated heterocycles. The second-order valence-electron chi connectivity index (χ2n) is 4.40. The van der Waals surface area contributed by atoms with E-state index < -0.39 is 5.97 Å². The third kappa shape index (κ3) is 3.52. The lowest BCUT2D eigenvalue weighted by atomic mass is 10.2. The predicted octanol–water partition coefficient (Wildman–Crippen LogP) is 2.06. The molecule has 0 aromatic carbocycles. The van der Waals surface area contributed by atoms with E-state index in [1.54, 1.807) is 6.07 Å². The molecule has 1 aliphatic heterocycles. The third-order valence-corrected chi connectivity index (χ3v) is 3.90. The molecule has 1 aliphatic rings. The molecule has 2 rings (SSSR count). The number of carboxylic acids is 1. The highest BCUT2D eigenvalue weighted by molar-refractivity contribution is 7.13. The van der Waals surface area contributed by atoms with E-state index in [1.165, 1.54) is 11.3 Å². The molecule has 0 radical (unpaired) electrons. The summed E-state index contributed by atoms with van der Waals surface area (Å²) in [5.41, 5.74) is 0. The Morgan fingerprint density at radius 2 is 2.47 bits per heavy atom. The lowest BCUT2D eigenvalue weighted by Gasteiger charge is -2.19. The Labute approximate surface area is 105 Å². The van der Waals surface area contributed by atoms with Crippen LogP contribution in [-0.2, 0) is 11.3 Å². The van der Waals surface area contributed by atoms with E-state index in [0.717, 1.165) is 37.4 Å². The van der Waals surface area contributed by atoms with Crippen LogP contribution in [-0.4, -0.2) is 42.3 Å². The van der Waals surface area contributed by atoms with Gasteiger partial charge in [0.15, 0.2) is 0 Å². The van der Waals surface area contributed by atoms with Gasteiger partial charge in [-0.25, -0.2) is 4.79 Å². The van der Waals surface area contributed by atoms with Gasteiger partial charge in [-0.05, 0) is 32.0 Å². The number of hydrogen-bond acceptors (Lipinski definition) is 4. The fourth-order valence-corrected chi connectivity index (χ4v) is 2.97. The van der Waals surface area contributed by atoms with E-state index in [0.29, 0.717) is 11.0 Å². The van der Waals surface area contributed by atoms with Crippen molar-refractivity contribution in [1.82, 2.24) is 4.90 Å². The van der Waals surface area contributed by atoms with Crippen molar-refractivity contribution in [3.63, 3.8) is 0 Å². The highest BCUT2D eigenvalue weighted by Crippen LogP contribution is 2.19. The average molecular weight is 255 g/mol. The Morgan fingerprint density at radius 1 is 1.65 bits per heavy atom. The lowest BCUT2D eigenvalue weighted by molar-refractivity contribution is 0.0702. The van der Waals surface area contributed by atoms with Gasteiger partial charge in [-0.2, -0.15) is 0 Å². The van der Waals surface area contributed by atoms with E-state index in [9.17, 15) is 4.79 Å². The number of rotatable bonds is 5. The molecule has 0 spiro atoms. The van der Waals surface area contributed by atoms with Gasteiger partial charge in [-0.15, -0.1) is 11.3 Å². The van der Waals surface area contributed by atoms with Gasteiger partial charge in [0.05, 0.1) is 6.10 Å². The summed E-state index contributed by atoms with van der Waals surface area (Å²) in [6, 6.07) is 3.56. The maximum atomic E-state index is 10.8. The van der Waals surface area contributed by atoms with Crippen LogP contribution in [0.2, 0.25) is 0 Å². The maximum Gasteiger partial charge on any atom is 0.345 e. The standard InChI is InChI=1S/C12H17NO3S/c1-13(7-9-3-2-6-16-9)8-10-4-5-11(17-10)12(14)15/h4-5,9H,2-3,6-8H2,1H3,(H,14,15). The summed E-state index contributed by atoms with van der Waals surface area (Å²) in [5, 5.41) is 8.84. The number of ether oxygens (including phenoxy) is 1. The number of nitrogens with zero attached hydrogens (tertiary/aromatic N) is 1. The number of carbonyl (C=O) groups is 1. The zero-order valence-corrected chi connectivity index (χ0v) is 10.7. The molecule has 5 heteroatoms. The van der Waals surface area contributed by atoms with Gasteiger partial charge in [0.25, 0.3) is 0 Å². The van der Waals surface area contributed by atoms with Crippen molar-refractivity contribution < 1.29 is 14.6 Å². The fourth-order valence-electron chi connectivity index (χ4n) is 2.04. The molecule has 0 aliphatic carbocycles. The summed E-state index contributed by atoms with van der Waals surface area (Å²) >= 11 is 1.35. The summed E-state index contributed by atoms with van der Waals surface area (Å²) in [6.07, 6.45) is 2.63. The second kappa shape index (κ2) is 5.62. The molecule has 1 aromatic rings. The normalized spacial score (nSPS) is 20.0. The van der Waals surface area contributed by atoms with E-state index in [1.807, 2.05) is 13.1 Å². The van der Waals surface area contributed by atoms with Crippen LogP contribution in [0.4, 0.5) is 0 Å². The van der Waals surface area contributed by atoms with Crippen molar-refractivity contribution in [2.24, 2.45) is 0 Å². The minimum atomic E-state index is -0.844. The fraction of sp³-hybridized carbons (Fsp3) is 0.583. The van der Waals surface area contributed by atoms with Crippen molar-refractivity contribution in [3.8, 4) is 0 Å². The topological polar surface area (TPSA) is 49.8 Å². The van der Waals surface area contributed by atoms with Crippen LogP contribution in [0.5, 0.6) is 0 Å². The lowest BCUT2D eigenvalue weighted by Crippen LogP contribution is -2.27. The van der Waals surface area contributed by atoms with Gasteiger partial charge in [0, 0.05) is 24.6 Å². The Balaban J connectivity index is 1.84. The first kappa shape index (κ1) is 12.5. The van der Waals surface area contributed by atoms with Crippen LogP contribution in [0.15, 0.2) is 12.1 Å². The minimum Gasteiger partial charge on any atom is -0.477 e. The van der Waals surface area contributed by atoms with Crippen LogP contribution in [0.3, 0.4) is 0 Å². The Kier molecular flexibility index (Phi) is 4.15. The molecule has 0 saturated carbocycles. The zero-order chi connectivity index (χ0) is 12.3. The van der Waals surface area contributed by atoms with E-state index >= 15 is 0 Å². The van der Waals surface area contributed by atoms with Gasteiger partial charge in [0.1, 0.15) is 4.88 Å². The van der Waals surface area contributed by atoms with Gasteiger partial charge >= 0.3 is 5.97 Å². The third-order valence-electron chi connectivity index (χ3n) is 2.84. The first-order valence-electron chi connectivity index (χ1n) is 5.77. The first-order valence-corrected chi connectivity index (χ1v) is 6.59. The number of aromatic carboxylic acids is 1. The van der Waals surface area contributed by atoms with Gasteiger partial charge in [-0.1, -0.05) is 0 Å². The molecular weight excluding hydrogens is 238 g/mol. The molecule has 94 valence electrons. The summed E-state index contributed by atoms with van der Waals surface area (Å²) < 4.78 is 5.57. The average Bonchev–Trinajstić information content (AvgIpc) is 2.88. The SMILES string of the molecule is CN(Cc1ccc(C(=O)O)s1)CC1CCCO1. The summed E-state index contributed by atoms with van der Waals surface area (Å²) in [5.74, 6) is -0.844.